The van der Waals surface area contributed by atoms with Crippen LogP contribution in [0.5, 0.6) is 17.2 Å². The second-order valence-corrected chi connectivity index (χ2v) is 7.18. The highest BCUT2D eigenvalue weighted by Crippen LogP contribution is 2.40. The van der Waals surface area contributed by atoms with Crippen molar-refractivity contribution in [3.8, 4) is 17.2 Å². The third-order valence-corrected chi connectivity index (χ3v) is 5.17. The molecule has 0 N–H and O–H groups in total. The summed E-state index contributed by atoms with van der Waals surface area (Å²) in [7, 11) is 4.31. The van der Waals surface area contributed by atoms with E-state index >= 15 is 0 Å². The van der Waals surface area contributed by atoms with Crippen molar-refractivity contribution < 1.29 is 42.5 Å². The average molecular weight is 485 g/mol. The van der Waals surface area contributed by atoms with Gasteiger partial charge in [0.05, 0.1) is 57.9 Å². The zero-order chi connectivity index (χ0) is 25.5. The Kier molecular flexibility index (Phi) is 8.19. The largest absolute Gasteiger partial charge is 0.493 e. The molecular weight excluding hydrogens is 458 g/mol. The number of carbonyl (C=O) groups is 3. The van der Waals surface area contributed by atoms with E-state index in [4.69, 9.17) is 28.1 Å². The molecule has 186 valence electrons. The van der Waals surface area contributed by atoms with Crippen LogP contribution in [0.1, 0.15) is 35.9 Å². The standard InChI is InChI=1S/C25H27NO9/c1-6-33-24(28)16-13-26(14-17(25(29)34-7-2)21(16)18-9-8-10-35-18)23(27)15-11-19(30-3)22(32-5)20(12-15)31-4/h8-14,21H,6-7H2,1-5H3. The summed E-state index contributed by atoms with van der Waals surface area (Å²) in [4.78, 5) is 40.5. The molecule has 1 aliphatic rings. The summed E-state index contributed by atoms with van der Waals surface area (Å²) in [6.45, 7) is 3.51. The molecule has 0 fully saturated rings. The van der Waals surface area contributed by atoms with Crippen molar-refractivity contribution >= 4 is 17.8 Å². The minimum absolute atomic E-state index is 0.0353. The topological polar surface area (TPSA) is 114 Å². The molecule has 0 bridgehead atoms. The molecule has 1 amide bonds. The Bertz CT molecular complexity index is 1090. The highest BCUT2D eigenvalue weighted by Gasteiger charge is 2.38. The molecule has 35 heavy (non-hydrogen) atoms. The first-order chi connectivity index (χ1) is 16.9. The van der Waals surface area contributed by atoms with Crippen molar-refractivity contribution in [3.63, 3.8) is 0 Å². The van der Waals surface area contributed by atoms with Crippen molar-refractivity contribution in [2.24, 2.45) is 0 Å². The highest BCUT2D eigenvalue weighted by molar-refractivity contribution is 6.02. The number of hydrogen-bond donors (Lipinski definition) is 0. The summed E-state index contributed by atoms with van der Waals surface area (Å²) in [5, 5.41) is 0. The van der Waals surface area contributed by atoms with E-state index in [1.807, 2.05) is 0 Å². The number of methoxy groups -OCH3 is 3. The van der Waals surface area contributed by atoms with E-state index in [0.717, 1.165) is 4.90 Å². The summed E-state index contributed by atoms with van der Waals surface area (Å²) >= 11 is 0. The molecule has 10 nitrogen and oxygen atoms in total. The molecule has 0 unspecified atom stereocenters. The number of furan rings is 1. The zero-order valence-electron chi connectivity index (χ0n) is 20.2. The van der Waals surface area contributed by atoms with Crippen molar-refractivity contribution in [1.82, 2.24) is 4.90 Å². The first kappa shape index (κ1) is 25.4. The van der Waals surface area contributed by atoms with Gasteiger partial charge in [-0.25, -0.2) is 9.59 Å². The molecule has 1 aromatic heterocycles. The van der Waals surface area contributed by atoms with Gasteiger partial charge in [0.2, 0.25) is 5.75 Å². The van der Waals surface area contributed by atoms with E-state index in [1.165, 1.54) is 52.1 Å². The van der Waals surface area contributed by atoms with Crippen LogP contribution in [0.3, 0.4) is 0 Å². The van der Waals surface area contributed by atoms with Crippen LogP contribution in [0, 0.1) is 0 Å². The third kappa shape index (κ3) is 5.16. The predicted molar refractivity (Wildman–Crippen MR) is 123 cm³/mol. The molecule has 3 rings (SSSR count). The van der Waals surface area contributed by atoms with Crippen LogP contribution in [0.4, 0.5) is 0 Å². The quantitative estimate of drug-likeness (QED) is 0.493. The van der Waals surface area contributed by atoms with Gasteiger partial charge in [0.15, 0.2) is 11.5 Å². The van der Waals surface area contributed by atoms with Gasteiger partial charge in [-0.05, 0) is 38.1 Å². The molecule has 0 aliphatic carbocycles. The van der Waals surface area contributed by atoms with Crippen LogP contribution in [-0.2, 0) is 19.1 Å². The van der Waals surface area contributed by atoms with Crippen LogP contribution < -0.4 is 14.2 Å². The lowest BCUT2D eigenvalue weighted by Crippen LogP contribution is -2.32. The lowest BCUT2D eigenvalue weighted by molar-refractivity contribution is -0.139. The van der Waals surface area contributed by atoms with Gasteiger partial charge in [-0.1, -0.05) is 0 Å². The average Bonchev–Trinajstić information content (AvgIpc) is 3.41. The fourth-order valence-corrected chi connectivity index (χ4v) is 3.66. The number of rotatable bonds is 9. The number of hydrogen-bond acceptors (Lipinski definition) is 9. The van der Waals surface area contributed by atoms with Gasteiger partial charge in [0.1, 0.15) is 5.76 Å². The van der Waals surface area contributed by atoms with Gasteiger partial charge in [0, 0.05) is 18.0 Å². The van der Waals surface area contributed by atoms with Gasteiger partial charge < -0.3 is 28.1 Å². The lowest BCUT2D eigenvalue weighted by Gasteiger charge is -2.28. The number of nitrogens with zero attached hydrogens (tertiary/aromatic N) is 1. The van der Waals surface area contributed by atoms with Gasteiger partial charge in [0.25, 0.3) is 5.91 Å². The molecule has 0 saturated carbocycles. The SMILES string of the molecule is CCOC(=O)C1=CN(C(=O)c2cc(OC)c(OC)c(OC)c2)C=C(C(=O)OCC)C1c1ccco1. The zero-order valence-corrected chi connectivity index (χ0v) is 20.2. The van der Waals surface area contributed by atoms with Crippen molar-refractivity contribution in [2.75, 3.05) is 34.5 Å². The normalized spacial score (nSPS) is 13.5. The fraction of sp³-hybridized carbons (Fsp3) is 0.320. The molecule has 10 heteroatoms. The number of ether oxygens (including phenoxy) is 5. The Labute approximate surface area is 202 Å². The van der Waals surface area contributed by atoms with Crippen molar-refractivity contribution in [2.45, 2.75) is 19.8 Å². The Morgan fingerprint density at radius 1 is 0.886 bits per heavy atom. The Morgan fingerprint density at radius 2 is 1.43 bits per heavy atom. The smallest absolute Gasteiger partial charge is 0.336 e. The Balaban J connectivity index is 2.15. The fourth-order valence-electron chi connectivity index (χ4n) is 3.66. The second-order valence-electron chi connectivity index (χ2n) is 7.18. The molecule has 0 spiro atoms. The van der Waals surface area contributed by atoms with E-state index in [2.05, 4.69) is 0 Å². The second kappa shape index (κ2) is 11.3. The molecule has 0 radical (unpaired) electrons. The Morgan fingerprint density at radius 3 is 1.83 bits per heavy atom. The van der Waals surface area contributed by atoms with Crippen LogP contribution in [0.15, 0.2) is 58.5 Å². The minimum atomic E-state index is -0.924. The van der Waals surface area contributed by atoms with Crippen LogP contribution in [-0.4, -0.2) is 57.3 Å². The third-order valence-electron chi connectivity index (χ3n) is 5.17. The van der Waals surface area contributed by atoms with E-state index in [0.29, 0.717) is 11.5 Å². The molecule has 1 aliphatic heterocycles. The van der Waals surface area contributed by atoms with Gasteiger partial charge in [-0.3, -0.25) is 9.69 Å². The highest BCUT2D eigenvalue weighted by atomic mass is 16.5. The summed E-state index contributed by atoms with van der Waals surface area (Å²) in [5.41, 5.74) is 0.233. The summed E-state index contributed by atoms with van der Waals surface area (Å²) in [5.74, 6) is -1.72. The molecular formula is C25H27NO9. The number of esters is 2. The summed E-state index contributed by atoms with van der Waals surface area (Å²) in [6.07, 6.45) is 4.06. The summed E-state index contributed by atoms with van der Waals surface area (Å²) in [6, 6.07) is 6.20. The monoisotopic (exact) mass is 485 g/mol. The van der Waals surface area contributed by atoms with Crippen molar-refractivity contribution in [1.29, 1.82) is 0 Å². The minimum Gasteiger partial charge on any atom is -0.493 e. The summed E-state index contributed by atoms with van der Waals surface area (Å²) < 4.78 is 31.9. The number of amides is 1. The maximum Gasteiger partial charge on any atom is 0.336 e. The van der Waals surface area contributed by atoms with Crippen LogP contribution in [0.25, 0.3) is 0 Å². The molecule has 0 saturated heterocycles. The predicted octanol–water partition coefficient (Wildman–Crippen LogP) is 3.44. The van der Waals surface area contributed by atoms with E-state index in [-0.39, 0.29) is 41.4 Å². The van der Waals surface area contributed by atoms with Gasteiger partial charge in [-0.15, -0.1) is 0 Å². The maximum absolute atomic E-state index is 13.5. The number of benzene rings is 1. The first-order valence-corrected chi connectivity index (χ1v) is 10.8. The van der Waals surface area contributed by atoms with Gasteiger partial charge >= 0.3 is 11.9 Å². The van der Waals surface area contributed by atoms with Crippen molar-refractivity contribution in [3.05, 3.63) is 65.4 Å². The first-order valence-electron chi connectivity index (χ1n) is 10.8. The van der Waals surface area contributed by atoms with E-state index < -0.39 is 23.8 Å². The van der Waals surface area contributed by atoms with E-state index in [9.17, 15) is 14.4 Å². The molecule has 1 aromatic carbocycles. The van der Waals surface area contributed by atoms with Crippen LogP contribution >= 0.6 is 0 Å². The maximum atomic E-state index is 13.5. The lowest BCUT2D eigenvalue weighted by atomic mass is 9.87. The molecule has 0 atom stereocenters. The molecule has 2 heterocycles. The van der Waals surface area contributed by atoms with Gasteiger partial charge in [-0.2, -0.15) is 0 Å². The Hall–Kier alpha value is -4.21. The molecule has 2 aromatic rings. The van der Waals surface area contributed by atoms with Crippen LogP contribution in [0.2, 0.25) is 0 Å². The number of carbonyl (C=O) groups excluding carboxylic acids is 3. The van der Waals surface area contributed by atoms with E-state index in [1.54, 1.807) is 26.0 Å².